The van der Waals surface area contributed by atoms with E-state index in [1.54, 1.807) is 13.3 Å². The van der Waals surface area contributed by atoms with E-state index in [4.69, 9.17) is 4.74 Å². The van der Waals surface area contributed by atoms with Gasteiger partial charge < -0.3 is 9.64 Å². The van der Waals surface area contributed by atoms with Crippen molar-refractivity contribution in [1.82, 2.24) is 19.9 Å². The number of methoxy groups -OCH3 is 1. The van der Waals surface area contributed by atoms with Crippen molar-refractivity contribution in [3.05, 3.63) is 89.8 Å². The van der Waals surface area contributed by atoms with E-state index in [1.165, 1.54) is 10.2 Å². The van der Waals surface area contributed by atoms with Crippen molar-refractivity contribution in [2.24, 2.45) is 5.92 Å². The minimum atomic E-state index is -0.0998. The Morgan fingerprint density at radius 2 is 1.83 bits per heavy atom. The molecular weight excluding hydrogens is 436 g/mol. The van der Waals surface area contributed by atoms with Crippen molar-refractivity contribution in [2.45, 2.75) is 45.1 Å². The third-order valence-electron chi connectivity index (χ3n) is 6.98. The van der Waals surface area contributed by atoms with Gasteiger partial charge in [-0.25, -0.2) is 4.79 Å². The van der Waals surface area contributed by atoms with Gasteiger partial charge in [-0.3, -0.25) is 0 Å². The number of benzene rings is 2. The Hall–Kier alpha value is -3.67. The Morgan fingerprint density at radius 3 is 2.60 bits per heavy atom. The first-order valence-electron chi connectivity index (χ1n) is 12.5. The lowest BCUT2D eigenvalue weighted by atomic mass is 9.91. The average molecular weight is 469 g/mol. The maximum atomic E-state index is 13.4. The van der Waals surface area contributed by atoms with Crippen LogP contribution in [-0.4, -0.2) is 45.6 Å². The Balaban J connectivity index is 1.32. The van der Waals surface area contributed by atoms with Crippen LogP contribution in [0, 0.1) is 5.92 Å². The van der Waals surface area contributed by atoms with Crippen LogP contribution in [0.15, 0.2) is 78.7 Å². The molecule has 180 valence electrons. The SMILES string of the molecule is COC1=CCC(C)C=C1c1ccc(-c2cn(C(=O)N3CCCCC3Cc3ccccc3)nn2)cc1. The number of allylic oxidation sites excluding steroid dienone is 3. The number of hydrogen-bond donors (Lipinski definition) is 0. The van der Waals surface area contributed by atoms with Crippen LogP contribution in [0.2, 0.25) is 0 Å². The molecule has 2 aliphatic rings. The largest absolute Gasteiger partial charge is 0.496 e. The summed E-state index contributed by atoms with van der Waals surface area (Å²) in [5, 5.41) is 8.50. The van der Waals surface area contributed by atoms with Crippen molar-refractivity contribution < 1.29 is 9.53 Å². The summed E-state index contributed by atoms with van der Waals surface area (Å²) in [6.45, 7) is 2.96. The number of aromatic nitrogens is 3. The third kappa shape index (κ3) is 5.06. The highest BCUT2D eigenvalue weighted by Gasteiger charge is 2.28. The molecule has 6 nitrogen and oxygen atoms in total. The highest BCUT2D eigenvalue weighted by Crippen LogP contribution is 2.32. The molecule has 0 saturated carbocycles. The van der Waals surface area contributed by atoms with Gasteiger partial charge in [0.25, 0.3) is 0 Å². The molecular formula is C29H32N4O2. The summed E-state index contributed by atoms with van der Waals surface area (Å²) in [6, 6.07) is 18.7. The second-order valence-corrected chi connectivity index (χ2v) is 9.51. The van der Waals surface area contributed by atoms with Crippen molar-refractivity contribution in [2.75, 3.05) is 13.7 Å². The predicted octanol–water partition coefficient (Wildman–Crippen LogP) is 5.96. The molecule has 5 rings (SSSR count). The van der Waals surface area contributed by atoms with Gasteiger partial charge in [-0.1, -0.05) is 72.8 Å². The monoisotopic (exact) mass is 468 g/mol. The van der Waals surface area contributed by atoms with E-state index in [9.17, 15) is 4.79 Å². The molecule has 2 heterocycles. The zero-order chi connectivity index (χ0) is 24.2. The first kappa shape index (κ1) is 23.1. The lowest BCUT2D eigenvalue weighted by molar-refractivity contribution is 0.149. The molecule has 0 radical (unpaired) electrons. The fourth-order valence-electron chi connectivity index (χ4n) is 5.06. The molecule has 1 amide bonds. The summed E-state index contributed by atoms with van der Waals surface area (Å²) in [5.74, 6) is 1.40. The van der Waals surface area contributed by atoms with E-state index >= 15 is 0 Å². The Labute approximate surface area is 206 Å². The molecule has 6 heteroatoms. The smallest absolute Gasteiger partial charge is 0.346 e. The van der Waals surface area contributed by atoms with E-state index in [0.29, 0.717) is 11.6 Å². The van der Waals surface area contributed by atoms with Crippen LogP contribution >= 0.6 is 0 Å². The highest BCUT2D eigenvalue weighted by atomic mass is 16.5. The van der Waals surface area contributed by atoms with Gasteiger partial charge in [0, 0.05) is 23.7 Å². The summed E-state index contributed by atoms with van der Waals surface area (Å²) in [7, 11) is 1.71. The number of rotatable bonds is 5. The summed E-state index contributed by atoms with van der Waals surface area (Å²) in [5.41, 5.74) is 5.10. The van der Waals surface area contributed by atoms with Gasteiger partial charge in [0.1, 0.15) is 11.5 Å². The average Bonchev–Trinajstić information content (AvgIpc) is 3.40. The number of likely N-dealkylation sites (tertiary alicyclic amines) is 1. The van der Waals surface area contributed by atoms with E-state index in [1.807, 2.05) is 23.1 Å². The normalized spacial score (nSPS) is 20.2. The lowest BCUT2D eigenvalue weighted by Crippen LogP contribution is -2.46. The van der Waals surface area contributed by atoms with E-state index < -0.39 is 0 Å². The molecule has 2 unspecified atom stereocenters. The zero-order valence-electron chi connectivity index (χ0n) is 20.4. The highest BCUT2D eigenvalue weighted by molar-refractivity contribution is 5.80. The second kappa shape index (κ2) is 10.3. The van der Waals surface area contributed by atoms with Crippen molar-refractivity contribution in [3.8, 4) is 11.3 Å². The fraction of sp³-hybridized carbons (Fsp3) is 0.345. The topological polar surface area (TPSA) is 60.2 Å². The first-order valence-corrected chi connectivity index (χ1v) is 12.5. The predicted molar refractivity (Wildman–Crippen MR) is 138 cm³/mol. The van der Waals surface area contributed by atoms with Gasteiger partial charge >= 0.3 is 6.03 Å². The Kier molecular flexibility index (Phi) is 6.80. The molecule has 1 aliphatic heterocycles. The van der Waals surface area contributed by atoms with Crippen LogP contribution in [-0.2, 0) is 11.2 Å². The Morgan fingerprint density at radius 1 is 1.06 bits per heavy atom. The summed E-state index contributed by atoms with van der Waals surface area (Å²) in [6.07, 6.45) is 11.2. The number of ether oxygens (including phenoxy) is 1. The van der Waals surface area contributed by atoms with Gasteiger partial charge in [0.05, 0.1) is 13.3 Å². The molecule has 0 N–H and O–H groups in total. The summed E-state index contributed by atoms with van der Waals surface area (Å²) < 4.78 is 6.97. The number of nitrogens with zero attached hydrogens (tertiary/aromatic N) is 4. The maximum absolute atomic E-state index is 13.4. The van der Waals surface area contributed by atoms with E-state index in [0.717, 1.165) is 61.1 Å². The fourth-order valence-corrected chi connectivity index (χ4v) is 5.06. The number of amides is 1. The van der Waals surface area contributed by atoms with Crippen molar-refractivity contribution in [1.29, 1.82) is 0 Å². The Bertz CT molecular complexity index is 1230. The third-order valence-corrected chi connectivity index (χ3v) is 6.98. The molecule has 0 bridgehead atoms. The minimum Gasteiger partial charge on any atom is -0.496 e. The van der Waals surface area contributed by atoms with Crippen molar-refractivity contribution >= 4 is 11.6 Å². The second-order valence-electron chi connectivity index (χ2n) is 9.51. The van der Waals surface area contributed by atoms with Gasteiger partial charge in [0.15, 0.2) is 0 Å². The van der Waals surface area contributed by atoms with Gasteiger partial charge in [-0.05, 0) is 55.2 Å². The van der Waals surface area contributed by atoms with E-state index in [2.05, 4.69) is 65.8 Å². The van der Waals surface area contributed by atoms with Crippen LogP contribution in [0.3, 0.4) is 0 Å². The standard InChI is InChI=1S/C29H32N4O2/c1-21-11-16-28(35-2)26(18-21)23-12-14-24(15-13-23)27-20-33(31-30-27)29(34)32-17-7-6-10-25(32)19-22-8-4-3-5-9-22/h3-5,8-9,12-16,18,20-21,25H,6-7,10-11,17,19H2,1-2H3. The van der Waals surface area contributed by atoms with Crippen LogP contribution in [0.5, 0.6) is 0 Å². The number of carbonyl (C=O) groups excluding carboxylic acids is 1. The first-order chi connectivity index (χ1) is 17.1. The number of piperidine rings is 1. The van der Waals surface area contributed by atoms with Crippen LogP contribution in [0.4, 0.5) is 4.79 Å². The van der Waals surface area contributed by atoms with Crippen LogP contribution in [0.25, 0.3) is 16.8 Å². The van der Waals surface area contributed by atoms with Crippen LogP contribution in [0.1, 0.15) is 43.7 Å². The molecule has 1 aliphatic carbocycles. The number of carbonyl (C=O) groups is 1. The number of hydrogen-bond acceptors (Lipinski definition) is 4. The molecule has 0 spiro atoms. The van der Waals surface area contributed by atoms with E-state index in [-0.39, 0.29) is 12.1 Å². The molecule has 3 aromatic rings. The van der Waals surface area contributed by atoms with Crippen LogP contribution < -0.4 is 0 Å². The maximum Gasteiger partial charge on any atom is 0.346 e. The van der Waals surface area contributed by atoms with Gasteiger partial charge in [-0.2, -0.15) is 4.68 Å². The quantitative estimate of drug-likeness (QED) is 0.463. The van der Waals surface area contributed by atoms with Gasteiger partial charge in [0.2, 0.25) is 0 Å². The molecule has 1 saturated heterocycles. The molecule has 2 aromatic carbocycles. The van der Waals surface area contributed by atoms with Crippen molar-refractivity contribution in [3.63, 3.8) is 0 Å². The van der Waals surface area contributed by atoms with Gasteiger partial charge in [-0.15, -0.1) is 5.10 Å². The summed E-state index contributed by atoms with van der Waals surface area (Å²) >= 11 is 0. The lowest BCUT2D eigenvalue weighted by Gasteiger charge is -2.35. The minimum absolute atomic E-state index is 0.0998. The summed E-state index contributed by atoms with van der Waals surface area (Å²) in [4.78, 5) is 15.3. The molecule has 1 aromatic heterocycles. The molecule has 2 atom stereocenters. The molecule has 35 heavy (non-hydrogen) atoms. The molecule has 1 fully saturated rings. The zero-order valence-corrected chi connectivity index (χ0v) is 20.4.